The van der Waals surface area contributed by atoms with E-state index in [-0.39, 0.29) is 5.69 Å². The first-order valence-corrected chi connectivity index (χ1v) is 5.62. The number of anilines is 1. The highest BCUT2D eigenvalue weighted by molar-refractivity contribution is 5.50. The fraction of sp³-hybridized carbons (Fsp3) is 0.154. The van der Waals surface area contributed by atoms with Crippen LogP contribution in [0.3, 0.4) is 0 Å². The Morgan fingerprint density at radius 1 is 1.26 bits per heavy atom. The number of pyridine rings is 1. The Balaban J connectivity index is 2.37. The number of nitro groups is 1. The van der Waals surface area contributed by atoms with Crippen LogP contribution in [0, 0.1) is 24.0 Å². The molecule has 0 amide bonds. The molecule has 6 nitrogen and oxygen atoms in total. The Morgan fingerprint density at radius 3 is 2.58 bits per heavy atom. The molecule has 2 rings (SSSR count). The van der Waals surface area contributed by atoms with Crippen LogP contribution < -0.4 is 10.5 Å². The average Bonchev–Trinajstić information content (AvgIpc) is 2.34. The average molecular weight is 259 g/mol. The summed E-state index contributed by atoms with van der Waals surface area (Å²) in [7, 11) is 0. The number of nitrogens with two attached hydrogens (primary N) is 1. The van der Waals surface area contributed by atoms with E-state index in [4.69, 9.17) is 10.5 Å². The first-order valence-electron chi connectivity index (χ1n) is 5.62. The molecule has 0 aliphatic heterocycles. The quantitative estimate of drug-likeness (QED) is 0.675. The lowest BCUT2D eigenvalue weighted by Crippen LogP contribution is -1.96. The molecule has 0 atom stereocenters. The van der Waals surface area contributed by atoms with Gasteiger partial charge in [-0.25, -0.2) is 4.98 Å². The molecule has 6 heteroatoms. The number of hydrogen-bond acceptors (Lipinski definition) is 5. The van der Waals surface area contributed by atoms with Crippen LogP contribution in [-0.2, 0) is 0 Å². The zero-order valence-electron chi connectivity index (χ0n) is 10.6. The third-order valence-corrected chi connectivity index (χ3v) is 2.66. The molecule has 1 aromatic heterocycles. The third-order valence-electron chi connectivity index (χ3n) is 2.66. The van der Waals surface area contributed by atoms with Gasteiger partial charge in [0.2, 0.25) is 5.88 Å². The largest absolute Gasteiger partial charge is 0.439 e. The van der Waals surface area contributed by atoms with Crippen molar-refractivity contribution in [2.45, 2.75) is 13.8 Å². The first-order chi connectivity index (χ1) is 8.97. The number of rotatable bonds is 3. The van der Waals surface area contributed by atoms with Gasteiger partial charge in [0.05, 0.1) is 22.9 Å². The second-order valence-electron chi connectivity index (χ2n) is 4.19. The molecule has 0 saturated carbocycles. The van der Waals surface area contributed by atoms with Crippen LogP contribution in [0.15, 0.2) is 30.5 Å². The number of benzene rings is 1. The van der Waals surface area contributed by atoms with Gasteiger partial charge < -0.3 is 10.5 Å². The predicted octanol–water partition coefficient (Wildman–Crippen LogP) is 2.98. The highest BCUT2D eigenvalue weighted by Crippen LogP contribution is 2.30. The minimum absolute atomic E-state index is 0.0241. The van der Waals surface area contributed by atoms with Crippen LogP contribution in [0.25, 0.3) is 0 Å². The zero-order chi connectivity index (χ0) is 14.0. The van der Waals surface area contributed by atoms with Crippen molar-refractivity contribution in [2.24, 2.45) is 0 Å². The zero-order valence-corrected chi connectivity index (χ0v) is 10.6. The van der Waals surface area contributed by atoms with E-state index in [2.05, 4.69) is 4.98 Å². The summed E-state index contributed by atoms with van der Waals surface area (Å²) in [5.41, 5.74) is 7.48. The summed E-state index contributed by atoms with van der Waals surface area (Å²) in [6.07, 6.45) is 1.47. The molecule has 2 N–H and O–H groups in total. The summed E-state index contributed by atoms with van der Waals surface area (Å²) in [4.78, 5) is 14.5. The van der Waals surface area contributed by atoms with Crippen molar-refractivity contribution in [3.05, 3.63) is 51.7 Å². The normalized spacial score (nSPS) is 10.2. The predicted molar refractivity (Wildman–Crippen MR) is 71.3 cm³/mol. The second kappa shape index (κ2) is 4.93. The van der Waals surface area contributed by atoms with Gasteiger partial charge in [-0.05, 0) is 31.5 Å². The molecule has 0 aliphatic carbocycles. The van der Waals surface area contributed by atoms with Gasteiger partial charge in [0.1, 0.15) is 5.75 Å². The maximum atomic E-state index is 10.9. The van der Waals surface area contributed by atoms with Crippen LogP contribution >= 0.6 is 0 Å². The van der Waals surface area contributed by atoms with Crippen molar-refractivity contribution >= 4 is 11.4 Å². The minimum atomic E-state index is -0.432. The molecule has 0 spiro atoms. The molecule has 19 heavy (non-hydrogen) atoms. The lowest BCUT2D eigenvalue weighted by Gasteiger charge is -2.09. The lowest BCUT2D eigenvalue weighted by atomic mass is 10.1. The monoisotopic (exact) mass is 259 g/mol. The molecule has 1 heterocycles. The second-order valence-corrected chi connectivity index (χ2v) is 4.19. The Labute approximate surface area is 110 Å². The van der Waals surface area contributed by atoms with Crippen molar-refractivity contribution in [3.63, 3.8) is 0 Å². The van der Waals surface area contributed by atoms with Crippen LogP contribution in [0.4, 0.5) is 11.4 Å². The summed E-state index contributed by atoms with van der Waals surface area (Å²) in [6.45, 7) is 3.51. The van der Waals surface area contributed by atoms with Crippen LogP contribution in [-0.4, -0.2) is 9.91 Å². The minimum Gasteiger partial charge on any atom is -0.439 e. The van der Waals surface area contributed by atoms with E-state index < -0.39 is 4.92 Å². The third kappa shape index (κ3) is 2.79. The Morgan fingerprint density at radius 2 is 2.00 bits per heavy atom. The fourth-order valence-electron chi connectivity index (χ4n) is 1.69. The lowest BCUT2D eigenvalue weighted by molar-refractivity contribution is -0.385. The molecule has 0 saturated heterocycles. The van der Waals surface area contributed by atoms with Gasteiger partial charge in [0, 0.05) is 11.6 Å². The van der Waals surface area contributed by atoms with E-state index in [1.165, 1.54) is 12.3 Å². The molecular weight excluding hydrogens is 246 g/mol. The standard InChI is InChI=1S/C13H13N3O3/c1-8-5-9(2)12(6-11(8)16(17)18)19-13-4-3-10(14)7-15-13/h3-7H,14H2,1-2H3. The Kier molecular flexibility index (Phi) is 3.33. The van der Waals surface area contributed by atoms with E-state index in [0.717, 1.165) is 5.56 Å². The summed E-state index contributed by atoms with van der Waals surface area (Å²) in [6, 6.07) is 6.38. The Hall–Kier alpha value is -2.63. The van der Waals surface area contributed by atoms with E-state index in [1.807, 2.05) is 6.92 Å². The molecule has 2 aromatic rings. The van der Waals surface area contributed by atoms with Crippen molar-refractivity contribution in [1.29, 1.82) is 0 Å². The molecular formula is C13H13N3O3. The van der Waals surface area contributed by atoms with Crippen molar-refractivity contribution in [1.82, 2.24) is 4.98 Å². The number of nitrogen functional groups attached to an aromatic ring is 1. The van der Waals surface area contributed by atoms with E-state index in [1.54, 1.807) is 25.1 Å². The van der Waals surface area contributed by atoms with E-state index in [0.29, 0.717) is 22.9 Å². The topological polar surface area (TPSA) is 91.3 Å². The molecule has 98 valence electrons. The van der Waals surface area contributed by atoms with Crippen LogP contribution in [0.1, 0.15) is 11.1 Å². The van der Waals surface area contributed by atoms with Gasteiger partial charge in [-0.1, -0.05) is 0 Å². The first kappa shape index (κ1) is 12.8. The van der Waals surface area contributed by atoms with Gasteiger partial charge >= 0.3 is 0 Å². The maximum Gasteiger partial charge on any atom is 0.276 e. The SMILES string of the molecule is Cc1cc(C)c([N+](=O)[O-])cc1Oc1ccc(N)cn1. The number of ether oxygens (including phenoxy) is 1. The molecule has 0 fully saturated rings. The van der Waals surface area contributed by atoms with Gasteiger partial charge in [0.15, 0.2) is 0 Å². The number of aromatic nitrogens is 1. The summed E-state index contributed by atoms with van der Waals surface area (Å²) in [5, 5.41) is 10.9. The van der Waals surface area contributed by atoms with Gasteiger partial charge in [-0.15, -0.1) is 0 Å². The molecule has 0 bridgehead atoms. The van der Waals surface area contributed by atoms with Gasteiger partial charge in [0.25, 0.3) is 5.69 Å². The fourth-order valence-corrected chi connectivity index (χ4v) is 1.69. The van der Waals surface area contributed by atoms with Crippen molar-refractivity contribution in [2.75, 3.05) is 5.73 Å². The van der Waals surface area contributed by atoms with Crippen LogP contribution in [0.5, 0.6) is 11.6 Å². The Bertz CT molecular complexity index is 624. The molecule has 1 aromatic carbocycles. The van der Waals surface area contributed by atoms with E-state index >= 15 is 0 Å². The molecule has 0 radical (unpaired) electrons. The number of nitro benzene ring substituents is 1. The molecule has 0 aliphatic rings. The highest BCUT2D eigenvalue weighted by Gasteiger charge is 2.15. The number of aryl methyl sites for hydroxylation is 2. The smallest absolute Gasteiger partial charge is 0.276 e. The van der Waals surface area contributed by atoms with E-state index in [9.17, 15) is 10.1 Å². The number of nitrogens with zero attached hydrogens (tertiary/aromatic N) is 2. The summed E-state index contributed by atoms with van der Waals surface area (Å²) in [5.74, 6) is 0.755. The van der Waals surface area contributed by atoms with Gasteiger partial charge in [-0.2, -0.15) is 0 Å². The van der Waals surface area contributed by atoms with Crippen LogP contribution in [0.2, 0.25) is 0 Å². The summed E-state index contributed by atoms with van der Waals surface area (Å²) >= 11 is 0. The molecule has 0 unspecified atom stereocenters. The highest BCUT2D eigenvalue weighted by atomic mass is 16.6. The van der Waals surface area contributed by atoms with Crippen molar-refractivity contribution in [3.8, 4) is 11.6 Å². The number of hydrogen-bond donors (Lipinski definition) is 1. The van der Waals surface area contributed by atoms with Gasteiger partial charge in [-0.3, -0.25) is 10.1 Å². The summed E-state index contributed by atoms with van der Waals surface area (Å²) < 4.78 is 5.54. The maximum absolute atomic E-state index is 10.9. The van der Waals surface area contributed by atoms with Crippen molar-refractivity contribution < 1.29 is 9.66 Å².